The van der Waals surface area contributed by atoms with E-state index in [2.05, 4.69) is 0 Å². The fraction of sp³-hybridized carbons (Fsp3) is 0.286. The molecule has 0 aliphatic carbocycles. The minimum absolute atomic E-state index is 0.339. The lowest BCUT2D eigenvalue weighted by Crippen LogP contribution is -2.46. The number of hydrogen-bond acceptors (Lipinski definition) is 5. The number of rotatable bonds is 8. The average Bonchev–Trinajstić information content (AvgIpc) is 2.65. The van der Waals surface area contributed by atoms with E-state index in [1.54, 1.807) is 19.9 Å². The van der Waals surface area contributed by atoms with E-state index < -0.39 is 24.0 Å². The highest BCUT2D eigenvalue weighted by atomic mass is 16.6. The zero-order valence-electron chi connectivity index (χ0n) is 15.9. The SMILES string of the molecule is CC(C)[C@H](OC(=O)COc1ccccc1Cc1ccccc1)C(=O)NC(N)=O. The van der Waals surface area contributed by atoms with Crippen molar-refractivity contribution in [2.75, 3.05) is 6.61 Å². The molecule has 0 spiro atoms. The van der Waals surface area contributed by atoms with E-state index in [4.69, 9.17) is 15.2 Å². The first-order valence-corrected chi connectivity index (χ1v) is 8.91. The number of primary amides is 1. The minimum atomic E-state index is -1.14. The summed E-state index contributed by atoms with van der Waals surface area (Å²) in [5.74, 6) is -1.26. The van der Waals surface area contributed by atoms with Crippen molar-refractivity contribution in [1.82, 2.24) is 5.32 Å². The molecule has 0 fully saturated rings. The number of nitrogens with one attached hydrogen (secondary N) is 1. The lowest BCUT2D eigenvalue weighted by Gasteiger charge is -2.20. The monoisotopic (exact) mass is 384 g/mol. The number of nitrogens with two attached hydrogens (primary N) is 1. The highest BCUT2D eigenvalue weighted by Gasteiger charge is 2.27. The molecule has 1 atom stereocenters. The first kappa shape index (κ1) is 21.0. The fourth-order valence-corrected chi connectivity index (χ4v) is 2.60. The molecule has 148 valence electrons. The molecule has 0 saturated heterocycles. The van der Waals surface area contributed by atoms with Gasteiger partial charge in [-0.2, -0.15) is 0 Å². The van der Waals surface area contributed by atoms with Crippen molar-refractivity contribution in [3.05, 3.63) is 65.7 Å². The van der Waals surface area contributed by atoms with Crippen molar-refractivity contribution in [3.63, 3.8) is 0 Å². The summed E-state index contributed by atoms with van der Waals surface area (Å²) in [4.78, 5) is 34.9. The Morgan fingerprint density at radius 2 is 1.64 bits per heavy atom. The molecule has 0 unspecified atom stereocenters. The molecule has 7 heteroatoms. The summed E-state index contributed by atoms with van der Waals surface area (Å²) in [6.45, 7) is 3.02. The first-order chi connectivity index (χ1) is 13.4. The summed E-state index contributed by atoms with van der Waals surface area (Å²) >= 11 is 0. The Morgan fingerprint density at radius 3 is 2.29 bits per heavy atom. The Hall–Kier alpha value is -3.35. The van der Waals surface area contributed by atoms with Crippen molar-refractivity contribution in [2.45, 2.75) is 26.4 Å². The molecule has 0 saturated carbocycles. The number of para-hydroxylation sites is 1. The maximum atomic E-state index is 12.1. The predicted molar refractivity (Wildman–Crippen MR) is 104 cm³/mol. The highest BCUT2D eigenvalue weighted by molar-refractivity contribution is 5.96. The number of amides is 3. The van der Waals surface area contributed by atoms with Gasteiger partial charge in [-0.3, -0.25) is 10.1 Å². The topological polar surface area (TPSA) is 108 Å². The van der Waals surface area contributed by atoms with Gasteiger partial charge in [-0.1, -0.05) is 62.4 Å². The van der Waals surface area contributed by atoms with Gasteiger partial charge >= 0.3 is 12.0 Å². The van der Waals surface area contributed by atoms with E-state index in [0.717, 1.165) is 11.1 Å². The lowest BCUT2D eigenvalue weighted by molar-refractivity contribution is -0.160. The van der Waals surface area contributed by atoms with Crippen LogP contribution in [0.15, 0.2) is 54.6 Å². The number of hydrogen-bond donors (Lipinski definition) is 2. The number of ether oxygens (including phenoxy) is 2. The van der Waals surface area contributed by atoms with Crippen LogP contribution in [0.2, 0.25) is 0 Å². The number of urea groups is 1. The van der Waals surface area contributed by atoms with E-state index in [9.17, 15) is 14.4 Å². The van der Waals surface area contributed by atoms with Crippen LogP contribution in [0.4, 0.5) is 4.79 Å². The Bertz CT molecular complexity index is 821. The van der Waals surface area contributed by atoms with E-state index in [1.807, 2.05) is 53.8 Å². The molecule has 3 N–H and O–H groups in total. The van der Waals surface area contributed by atoms with Gasteiger partial charge < -0.3 is 15.2 Å². The Labute approximate surface area is 163 Å². The summed E-state index contributed by atoms with van der Waals surface area (Å²) in [6.07, 6.45) is -0.481. The second-order valence-electron chi connectivity index (χ2n) is 6.57. The third-order valence-corrected chi connectivity index (χ3v) is 3.92. The van der Waals surface area contributed by atoms with Gasteiger partial charge in [-0.15, -0.1) is 0 Å². The van der Waals surface area contributed by atoms with E-state index >= 15 is 0 Å². The second-order valence-corrected chi connectivity index (χ2v) is 6.57. The summed E-state index contributed by atoms with van der Waals surface area (Å²) < 4.78 is 10.8. The van der Waals surface area contributed by atoms with Crippen LogP contribution in [0.5, 0.6) is 5.75 Å². The van der Waals surface area contributed by atoms with Crippen LogP contribution >= 0.6 is 0 Å². The van der Waals surface area contributed by atoms with Crippen molar-refractivity contribution in [2.24, 2.45) is 11.7 Å². The van der Waals surface area contributed by atoms with Crippen LogP contribution in [-0.2, 0) is 20.7 Å². The lowest BCUT2D eigenvalue weighted by atomic mass is 10.0. The molecule has 0 bridgehead atoms. The van der Waals surface area contributed by atoms with Crippen molar-refractivity contribution >= 4 is 17.9 Å². The van der Waals surface area contributed by atoms with Crippen LogP contribution in [0.3, 0.4) is 0 Å². The maximum Gasteiger partial charge on any atom is 0.344 e. The van der Waals surface area contributed by atoms with Crippen LogP contribution in [0.1, 0.15) is 25.0 Å². The smallest absolute Gasteiger partial charge is 0.344 e. The molecular formula is C21H24N2O5. The molecule has 0 aromatic heterocycles. The summed E-state index contributed by atoms with van der Waals surface area (Å²) in [7, 11) is 0. The van der Waals surface area contributed by atoms with Gasteiger partial charge in [0.25, 0.3) is 5.91 Å². The molecule has 7 nitrogen and oxygen atoms in total. The largest absolute Gasteiger partial charge is 0.482 e. The zero-order valence-corrected chi connectivity index (χ0v) is 15.9. The van der Waals surface area contributed by atoms with Crippen LogP contribution in [0.25, 0.3) is 0 Å². The number of imide groups is 1. The third-order valence-electron chi connectivity index (χ3n) is 3.92. The molecule has 0 radical (unpaired) electrons. The molecule has 2 aromatic carbocycles. The summed E-state index contributed by atoms with van der Waals surface area (Å²) in [5.41, 5.74) is 6.98. The highest BCUT2D eigenvalue weighted by Crippen LogP contribution is 2.21. The minimum Gasteiger partial charge on any atom is -0.482 e. The van der Waals surface area contributed by atoms with Gasteiger partial charge in [0, 0.05) is 6.42 Å². The van der Waals surface area contributed by atoms with Crippen molar-refractivity contribution < 1.29 is 23.9 Å². The van der Waals surface area contributed by atoms with Crippen molar-refractivity contribution in [3.8, 4) is 5.75 Å². The molecule has 2 aromatic rings. The number of esters is 1. The normalized spacial score (nSPS) is 11.5. The average molecular weight is 384 g/mol. The Kier molecular flexibility index (Phi) is 7.56. The number of carbonyl (C=O) groups is 3. The van der Waals surface area contributed by atoms with Gasteiger partial charge in [0.15, 0.2) is 12.7 Å². The third kappa shape index (κ3) is 6.42. The summed E-state index contributed by atoms with van der Waals surface area (Å²) in [5, 5.41) is 1.92. The van der Waals surface area contributed by atoms with Gasteiger partial charge in [0.1, 0.15) is 5.75 Å². The van der Waals surface area contributed by atoms with E-state index in [1.165, 1.54) is 0 Å². The van der Waals surface area contributed by atoms with Gasteiger partial charge in [0.05, 0.1) is 0 Å². The molecule has 0 heterocycles. The van der Waals surface area contributed by atoms with Crippen molar-refractivity contribution in [1.29, 1.82) is 0 Å². The standard InChI is InChI=1S/C21H24N2O5/c1-14(2)19(20(25)23-21(22)26)28-18(24)13-27-17-11-7-6-10-16(17)12-15-8-4-3-5-9-15/h3-11,14,19H,12-13H2,1-2H3,(H3,22,23,25,26)/t19-/m0/s1. The van der Waals surface area contributed by atoms with Crippen LogP contribution in [0, 0.1) is 5.92 Å². The number of benzene rings is 2. The Morgan fingerprint density at radius 1 is 1.00 bits per heavy atom. The molecule has 0 aliphatic heterocycles. The van der Waals surface area contributed by atoms with Gasteiger partial charge in [-0.25, -0.2) is 9.59 Å². The summed E-state index contributed by atoms with van der Waals surface area (Å²) in [6, 6.07) is 16.3. The Balaban J connectivity index is 1.98. The van der Waals surface area contributed by atoms with Crippen LogP contribution in [-0.4, -0.2) is 30.6 Å². The molecule has 3 amide bonds. The molecule has 2 rings (SSSR count). The van der Waals surface area contributed by atoms with Gasteiger partial charge in [-0.05, 0) is 23.1 Å². The van der Waals surface area contributed by atoms with E-state index in [0.29, 0.717) is 12.2 Å². The molecule has 0 aliphatic rings. The van der Waals surface area contributed by atoms with Crippen LogP contribution < -0.4 is 15.8 Å². The fourth-order valence-electron chi connectivity index (χ4n) is 2.60. The zero-order chi connectivity index (χ0) is 20.5. The maximum absolute atomic E-state index is 12.1. The van der Waals surface area contributed by atoms with Gasteiger partial charge in [0.2, 0.25) is 0 Å². The second kappa shape index (κ2) is 10.1. The molecular weight excluding hydrogens is 360 g/mol. The van der Waals surface area contributed by atoms with E-state index in [-0.39, 0.29) is 12.5 Å². The first-order valence-electron chi connectivity index (χ1n) is 8.91. The quantitative estimate of drug-likeness (QED) is 0.680. The predicted octanol–water partition coefficient (Wildman–Crippen LogP) is 2.42. The molecule has 28 heavy (non-hydrogen) atoms. The number of carbonyl (C=O) groups excluding carboxylic acids is 3.